The van der Waals surface area contributed by atoms with Crippen LogP contribution in [0.25, 0.3) is 11.0 Å². The Morgan fingerprint density at radius 2 is 2.19 bits per heavy atom. The third-order valence-electron chi connectivity index (χ3n) is 2.61. The molecule has 0 fully saturated rings. The second-order valence-corrected chi connectivity index (χ2v) is 4.28. The van der Waals surface area contributed by atoms with Crippen molar-refractivity contribution in [3.8, 4) is 0 Å². The van der Waals surface area contributed by atoms with E-state index in [1.165, 1.54) is 0 Å². The van der Waals surface area contributed by atoms with E-state index in [9.17, 15) is 0 Å². The highest BCUT2D eigenvalue weighted by molar-refractivity contribution is 5.81. The number of hydrogen-bond acceptors (Lipinski definition) is 3. The van der Waals surface area contributed by atoms with Gasteiger partial charge in [0.25, 0.3) is 0 Å². The molecular weight excluding hydrogens is 200 g/mol. The molecule has 3 N–H and O–H groups in total. The van der Waals surface area contributed by atoms with Crippen LogP contribution >= 0.6 is 0 Å². The Morgan fingerprint density at radius 3 is 2.88 bits per heavy atom. The molecule has 0 aliphatic carbocycles. The van der Waals surface area contributed by atoms with Crippen molar-refractivity contribution >= 4 is 11.0 Å². The van der Waals surface area contributed by atoms with Gasteiger partial charge in [-0.2, -0.15) is 0 Å². The first-order valence-corrected chi connectivity index (χ1v) is 5.64. The first kappa shape index (κ1) is 11.2. The van der Waals surface area contributed by atoms with Crippen LogP contribution in [-0.2, 0) is 13.1 Å². The van der Waals surface area contributed by atoms with Gasteiger partial charge in [-0.25, -0.2) is 0 Å². The highest BCUT2D eigenvalue weighted by Gasteiger charge is 2.06. The molecule has 0 radical (unpaired) electrons. The van der Waals surface area contributed by atoms with Crippen molar-refractivity contribution in [3.05, 3.63) is 35.6 Å². The van der Waals surface area contributed by atoms with E-state index < -0.39 is 0 Å². The lowest BCUT2D eigenvalue weighted by Crippen LogP contribution is -2.21. The number of hydrogen-bond donors (Lipinski definition) is 2. The van der Waals surface area contributed by atoms with Crippen molar-refractivity contribution in [1.82, 2.24) is 5.32 Å². The van der Waals surface area contributed by atoms with Crippen molar-refractivity contribution in [1.29, 1.82) is 0 Å². The van der Waals surface area contributed by atoms with E-state index in [1.54, 1.807) is 0 Å². The van der Waals surface area contributed by atoms with Gasteiger partial charge in [0.1, 0.15) is 11.3 Å². The van der Waals surface area contributed by atoms with Crippen LogP contribution in [0.1, 0.15) is 25.2 Å². The summed E-state index contributed by atoms with van der Waals surface area (Å²) in [7, 11) is 0. The molecule has 86 valence electrons. The fourth-order valence-electron chi connectivity index (χ4n) is 1.74. The zero-order valence-electron chi connectivity index (χ0n) is 9.79. The zero-order chi connectivity index (χ0) is 11.5. The van der Waals surface area contributed by atoms with Gasteiger partial charge in [0.2, 0.25) is 0 Å². The SMILES string of the molecule is CC(C)NCc1cc2c(CN)cccc2o1. The first-order valence-electron chi connectivity index (χ1n) is 5.64. The Labute approximate surface area is 95.6 Å². The second kappa shape index (κ2) is 4.68. The molecular formula is C13H18N2O. The van der Waals surface area contributed by atoms with E-state index in [1.807, 2.05) is 18.2 Å². The molecule has 1 aromatic carbocycles. The molecule has 0 bridgehead atoms. The van der Waals surface area contributed by atoms with Gasteiger partial charge >= 0.3 is 0 Å². The molecule has 3 nitrogen and oxygen atoms in total. The highest BCUT2D eigenvalue weighted by atomic mass is 16.3. The summed E-state index contributed by atoms with van der Waals surface area (Å²) in [6.45, 7) is 5.55. The summed E-state index contributed by atoms with van der Waals surface area (Å²) >= 11 is 0. The second-order valence-electron chi connectivity index (χ2n) is 4.28. The maximum absolute atomic E-state index is 5.74. The van der Waals surface area contributed by atoms with Crippen LogP contribution < -0.4 is 11.1 Å². The van der Waals surface area contributed by atoms with Crippen LogP contribution in [0.2, 0.25) is 0 Å². The molecule has 0 saturated carbocycles. The van der Waals surface area contributed by atoms with Gasteiger partial charge in [-0.3, -0.25) is 0 Å². The molecule has 0 unspecified atom stereocenters. The standard InChI is InChI=1S/C13H18N2O/c1-9(2)15-8-11-6-12-10(7-14)4-3-5-13(12)16-11/h3-6,9,15H,7-8,14H2,1-2H3. The van der Waals surface area contributed by atoms with Gasteiger partial charge in [0.05, 0.1) is 6.54 Å². The van der Waals surface area contributed by atoms with Crippen LogP contribution in [0.3, 0.4) is 0 Å². The van der Waals surface area contributed by atoms with Gasteiger partial charge in [0, 0.05) is 18.0 Å². The van der Waals surface area contributed by atoms with Crippen LogP contribution in [0.5, 0.6) is 0 Å². The summed E-state index contributed by atoms with van der Waals surface area (Å²) in [5, 5.41) is 4.47. The Kier molecular flexibility index (Phi) is 3.27. The van der Waals surface area contributed by atoms with Gasteiger partial charge < -0.3 is 15.5 Å². The van der Waals surface area contributed by atoms with Crippen molar-refractivity contribution in [2.75, 3.05) is 0 Å². The predicted octanol–water partition coefficient (Wildman–Crippen LogP) is 2.39. The monoisotopic (exact) mass is 218 g/mol. The smallest absolute Gasteiger partial charge is 0.134 e. The average molecular weight is 218 g/mol. The predicted molar refractivity (Wildman–Crippen MR) is 66.1 cm³/mol. The average Bonchev–Trinajstić information content (AvgIpc) is 2.68. The Balaban J connectivity index is 2.29. The van der Waals surface area contributed by atoms with E-state index in [0.29, 0.717) is 12.6 Å². The molecule has 16 heavy (non-hydrogen) atoms. The van der Waals surface area contributed by atoms with E-state index >= 15 is 0 Å². The Hall–Kier alpha value is -1.32. The maximum Gasteiger partial charge on any atom is 0.134 e. The summed E-state index contributed by atoms with van der Waals surface area (Å²) < 4.78 is 5.74. The largest absolute Gasteiger partial charge is 0.460 e. The number of fused-ring (bicyclic) bond motifs is 1. The summed E-state index contributed by atoms with van der Waals surface area (Å²) in [5.41, 5.74) is 7.75. The maximum atomic E-state index is 5.74. The van der Waals surface area contributed by atoms with Crippen molar-refractivity contribution in [2.45, 2.75) is 33.0 Å². The minimum atomic E-state index is 0.460. The zero-order valence-corrected chi connectivity index (χ0v) is 9.79. The molecule has 0 aliphatic rings. The number of nitrogens with one attached hydrogen (secondary N) is 1. The number of rotatable bonds is 4. The molecule has 3 heteroatoms. The van der Waals surface area contributed by atoms with E-state index in [-0.39, 0.29) is 0 Å². The normalized spacial score (nSPS) is 11.5. The fraction of sp³-hybridized carbons (Fsp3) is 0.385. The summed E-state index contributed by atoms with van der Waals surface area (Å²) in [4.78, 5) is 0. The Bertz CT molecular complexity index is 474. The lowest BCUT2D eigenvalue weighted by Gasteiger charge is -2.04. The number of furan rings is 1. The van der Waals surface area contributed by atoms with E-state index in [4.69, 9.17) is 10.2 Å². The summed E-state index contributed by atoms with van der Waals surface area (Å²) in [5.74, 6) is 0.963. The van der Waals surface area contributed by atoms with Gasteiger partial charge in [-0.15, -0.1) is 0 Å². The third kappa shape index (κ3) is 2.26. The lowest BCUT2D eigenvalue weighted by atomic mass is 10.1. The molecule has 1 aromatic heterocycles. The van der Waals surface area contributed by atoms with Crippen LogP contribution in [-0.4, -0.2) is 6.04 Å². The molecule has 2 rings (SSSR count). The first-order chi connectivity index (χ1) is 7.70. The minimum Gasteiger partial charge on any atom is -0.460 e. The van der Waals surface area contributed by atoms with Crippen molar-refractivity contribution in [3.63, 3.8) is 0 Å². The van der Waals surface area contributed by atoms with Crippen molar-refractivity contribution in [2.24, 2.45) is 5.73 Å². The molecule has 0 saturated heterocycles. The number of benzene rings is 1. The number of nitrogens with two attached hydrogens (primary N) is 1. The van der Waals surface area contributed by atoms with Gasteiger partial charge in [-0.1, -0.05) is 26.0 Å². The van der Waals surface area contributed by atoms with Crippen LogP contribution in [0.15, 0.2) is 28.7 Å². The van der Waals surface area contributed by atoms with E-state index in [2.05, 4.69) is 25.2 Å². The molecule has 0 atom stereocenters. The van der Waals surface area contributed by atoms with E-state index in [0.717, 1.165) is 28.8 Å². The molecule has 2 aromatic rings. The minimum absolute atomic E-state index is 0.460. The highest BCUT2D eigenvalue weighted by Crippen LogP contribution is 2.22. The van der Waals surface area contributed by atoms with Crippen molar-refractivity contribution < 1.29 is 4.42 Å². The third-order valence-corrected chi connectivity index (χ3v) is 2.61. The van der Waals surface area contributed by atoms with Crippen LogP contribution in [0.4, 0.5) is 0 Å². The molecule has 0 amide bonds. The van der Waals surface area contributed by atoms with Gasteiger partial charge in [0.15, 0.2) is 0 Å². The quantitative estimate of drug-likeness (QED) is 0.828. The fourth-order valence-corrected chi connectivity index (χ4v) is 1.74. The van der Waals surface area contributed by atoms with Crippen LogP contribution in [0, 0.1) is 0 Å². The molecule has 1 heterocycles. The summed E-state index contributed by atoms with van der Waals surface area (Å²) in [6, 6.07) is 8.54. The Morgan fingerprint density at radius 1 is 1.38 bits per heavy atom. The molecule has 0 spiro atoms. The molecule has 0 aliphatic heterocycles. The van der Waals surface area contributed by atoms with Gasteiger partial charge in [-0.05, 0) is 17.7 Å². The topological polar surface area (TPSA) is 51.2 Å². The lowest BCUT2D eigenvalue weighted by molar-refractivity contribution is 0.488. The summed E-state index contributed by atoms with van der Waals surface area (Å²) in [6.07, 6.45) is 0.